The first-order valence-electron chi connectivity index (χ1n) is 5.52. The van der Waals surface area contributed by atoms with E-state index in [-0.39, 0.29) is 6.04 Å². The largest absolute Gasteiger partial charge is 0.319 e. The first-order valence-corrected chi connectivity index (χ1v) is 5.90. The quantitative estimate of drug-likeness (QED) is 0.910. The van der Waals surface area contributed by atoms with Crippen molar-refractivity contribution in [2.45, 2.75) is 26.4 Å². The molecule has 0 aliphatic heterocycles. The van der Waals surface area contributed by atoms with Crippen LogP contribution in [0.4, 0.5) is 0 Å². The highest BCUT2D eigenvalue weighted by Gasteiger charge is 2.19. The highest BCUT2D eigenvalue weighted by molar-refractivity contribution is 6.31. The van der Waals surface area contributed by atoms with Gasteiger partial charge < -0.3 is 5.73 Å². The molecule has 17 heavy (non-hydrogen) atoms. The van der Waals surface area contributed by atoms with Gasteiger partial charge in [0.1, 0.15) is 0 Å². The Hall–Kier alpha value is -1.39. The summed E-state index contributed by atoms with van der Waals surface area (Å²) in [6, 6.07) is 1.65. The van der Waals surface area contributed by atoms with Crippen molar-refractivity contribution in [2.24, 2.45) is 5.73 Å². The minimum atomic E-state index is -0.270. The van der Waals surface area contributed by atoms with Crippen LogP contribution in [0.15, 0.2) is 24.7 Å². The monoisotopic (exact) mass is 250 g/mol. The summed E-state index contributed by atoms with van der Waals surface area (Å²) in [5, 5.41) is 4.81. The molecule has 2 rings (SSSR count). The minimum absolute atomic E-state index is 0.270. The average molecular weight is 251 g/mol. The van der Waals surface area contributed by atoms with Gasteiger partial charge in [0.2, 0.25) is 0 Å². The van der Waals surface area contributed by atoms with Crippen molar-refractivity contribution >= 4 is 11.6 Å². The predicted octanol–water partition coefficient (Wildman–Crippen LogP) is 2.31. The van der Waals surface area contributed by atoms with Crippen LogP contribution in [0.25, 0.3) is 0 Å². The topological polar surface area (TPSA) is 56.7 Å². The van der Waals surface area contributed by atoms with Crippen LogP contribution in [0.2, 0.25) is 5.02 Å². The van der Waals surface area contributed by atoms with Crippen LogP contribution in [-0.4, -0.2) is 14.8 Å². The molecule has 4 nitrogen and oxygen atoms in total. The molecule has 5 heteroatoms. The lowest BCUT2D eigenvalue weighted by Crippen LogP contribution is -2.18. The van der Waals surface area contributed by atoms with Crippen molar-refractivity contribution < 1.29 is 0 Å². The molecule has 2 N–H and O–H groups in total. The summed E-state index contributed by atoms with van der Waals surface area (Å²) in [5.41, 5.74) is 9.20. The molecule has 1 atom stereocenters. The van der Waals surface area contributed by atoms with E-state index in [1.54, 1.807) is 18.6 Å². The van der Waals surface area contributed by atoms with Gasteiger partial charge in [-0.15, -0.1) is 0 Å². The number of aromatic nitrogens is 3. The number of pyridine rings is 1. The lowest BCUT2D eigenvalue weighted by Gasteiger charge is -2.16. The molecular weight excluding hydrogens is 236 g/mol. The SMILES string of the molecule is CCn1ncc(Cl)c1C(N)c1ccncc1C. The fourth-order valence-electron chi connectivity index (χ4n) is 1.91. The zero-order chi connectivity index (χ0) is 12.4. The van der Waals surface area contributed by atoms with Crippen LogP contribution in [-0.2, 0) is 6.54 Å². The Morgan fingerprint density at radius 3 is 2.88 bits per heavy atom. The van der Waals surface area contributed by atoms with Crippen LogP contribution in [0, 0.1) is 6.92 Å². The Labute approximate surface area is 105 Å². The van der Waals surface area contributed by atoms with Gasteiger partial charge in [0, 0.05) is 18.9 Å². The molecule has 0 amide bonds. The number of halogens is 1. The van der Waals surface area contributed by atoms with E-state index in [9.17, 15) is 0 Å². The van der Waals surface area contributed by atoms with Gasteiger partial charge in [0.15, 0.2) is 0 Å². The van der Waals surface area contributed by atoms with E-state index in [4.69, 9.17) is 17.3 Å². The van der Waals surface area contributed by atoms with Gasteiger partial charge in [-0.1, -0.05) is 11.6 Å². The van der Waals surface area contributed by atoms with E-state index in [0.29, 0.717) is 5.02 Å². The summed E-state index contributed by atoms with van der Waals surface area (Å²) in [5.74, 6) is 0. The normalized spacial score (nSPS) is 12.7. The smallest absolute Gasteiger partial charge is 0.0837 e. The highest BCUT2D eigenvalue weighted by Crippen LogP contribution is 2.27. The predicted molar refractivity (Wildman–Crippen MR) is 67.9 cm³/mol. The van der Waals surface area contributed by atoms with Crippen molar-refractivity contribution in [3.63, 3.8) is 0 Å². The maximum atomic E-state index is 6.27. The maximum absolute atomic E-state index is 6.27. The van der Waals surface area contributed by atoms with Gasteiger partial charge >= 0.3 is 0 Å². The fourth-order valence-corrected chi connectivity index (χ4v) is 2.17. The van der Waals surface area contributed by atoms with Gasteiger partial charge in [0.25, 0.3) is 0 Å². The second-order valence-corrected chi connectivity index (χ2v) is 4.31. The van der Waals surface area contributed by atoms with Gasteiger partial charge in [-0.05, 0) is 31.0 Å². The van der Waals surface area contributed by atoms with Gasteiger partial charge in [0.05, 0.1) is 23.0 Å². The standard InChI is InChI=1S/C12H15ClN4/c1-3-17-12(10(13)7-16-17)11(14)9-4-5-15-6-8(9)2/h4-7,11H,3,14H2,1-2H3. The molecule has 2 heterocycles. The Bertz CT molecular complexity index is 521. The number of nitrogens with zero attached hydrogens (tertiary/aromatic N) is 3. The van der Waals surface area contributed by atoms with Crippen LogP contribution in [0.1, 0.15) is 29.8 Å². The van der Waals surface area contributed by atoms with E-state index >= 15 is 0 Å². The number of nitrogens with two attached hydrogens (primary N) is 1. The third kappa shape index (κ3) is 2.18. The highest BCUT2D eigenvalue weighted by atomic mass is 35.5. The molecule has 90 valence electrons. The molecule has 1 unspecified atom stereocenters. The average Bonchev–Trinajstić information content (AvgIpc) is 2.70. The molecular formula is C12H15ClN4. The summed E-state index contributed by atoms with van der Waals surface area (Å²) in [7, 11) is 0. The van der Waals surface area contributed by atoms with Gasteiger partial charge in [-0.2, -0.15) is 5.10 Å². The third-order valence-electron chi connectivity index (χ3n) is 2.83. The molecule has 0 aliphatic rings. The molecule has 2 aromatic heterocycles. The summed E-state index contributed by atoms with van der Waals surface area (Å²) in [4.78, 5) is 4.06. The third-order valence-corrected chi connectivity index (χ3v) is 3.12. The first-order chi connectivity index (χ1) is 8.15. The van der Waals surface area contributed by atoms with Crippen molar-refractivity contribution in [1.29, 1.82) is 0 Å². The Kier molecular flexibility index (Phi) is 3.45. The van der Waals surface area contributed by atoms with Gasteiger partial charge in [-0.3, -0.25) is 9.67 Å². The molecule has 2 aromatic rings. The Morgan fingerprint density at radius 2 is 2.24 bits per heavy atom. The maximum Gasteiger partial charge on any atom is 0.0837 e. The van der Waals surface area contributed by atoms with Crippen LogP contribution in [0.3, 0.4) is 0 Å². The zero-order valence-electron chi connectivity index (χ0n) is 9.89. The van der Waals surface area contributed by atoms with Crippen LogP contribution in [0.5, 0.6) is 0 Å². The first kappa shape index (κ1) is 12.1. The summed E-state index contributed by atoms with van der Waals surface area (Å²) >= 11 is 6.14. The molecule has 0 spiro atoms. The lowest BCUT2D eigenvalue weighted by molar-refractivity contribution is 0.600. The number of hydrogen-bond donors (Lipinski definition) is 1. The summed E-state index contributed by atoms with van der Waals surface area (Å²) < 4.78 is 1.83. The van der Waals surface area contributed by atoms with Crippen LogP contribution >= 0.6 is 11.6 Å². The van der Waals surface area contributed by atoms with E-state index < -0.39 is 0 Å². The molecule has 0 aliphatic carbocycles. The van der Waals surface area contributed by atoms with Crippen molar-refractivity contribution in [2.75, 3.05) is 0 Å². The number of aryl methyl sites for hydroxylation is 2. The van der Waals surface area contributed by atoms with E-state index in [0.717, 1.165) is 23.4 Å². The van der Waals surface area contributed by atoms with E-state index in [1.807, 2.05) is 24.6 Å². The van der Waals surface area contributed by atoms with Crippen LogP contribution < -0.4 is 5.73 Å². The molecule has 0 fully saturated rings. The van der Waals surface area contributed by atoms with E-state index in [1.165, 1.54) is 0 Å². The summed E-state index contributed by atoms with van der Waals surface area (Å²) in [6.45, 7) is 4.75. The van der Waals surface area contributed by atoms with Crippen molar-refractivity contribution in [3.05, 3.63) is 46.5 Å². The van der Waals surface area contributed by atoms with Gasteiger partial charge in [-0.25, -0.2) is 0 Å². The summed E-state index contributed by atoms with van der Waals surface area (Å²) in [6.07, 6.45) is 5.18. The molecule has 0 aromatic carbocycles. The second kappa shape index (κ2) is 4.85. The fraction of sp³-hybridized carbons (Fsp3) is 0.333. The second-order valence-electron chi connectivity index (χ2n) is 3.90. The molecule has 0 bridgehead atoms. The van der Waals surface area contributed by atoms with E-state index in [2.05, 4.69) is 10.1 Å². The molecule has 0 saturated carbocycles. The van der Waals surface area contributed by atoms with Crippen molar-refractivity contribution in [1.82, 2.24) is 14.8 Å². The minimum Gasteiger partial charge on any atom is -0.319 e. The number of hydrogen-bond acceptors (Lipinski definition) is 3. The molecule has 0 radical (unpaired) electrons. The van der Waals surface area contributed by atoms with Crippen molar-refractivity contribution in [3.8, 4) is 0 Å². The molecule has 0 saturated heterocycles. The zero-order valence-corrected chi connectivity index (χ0v) is 10.6. The number of rotatable bonds is 3. The lowest BCUT2D eigenvalue weighted by atomic mass is 10.0. The Morgan fingerprint density at radius 1 is 1.47 bits per heavy atom. The Balaban J connectivity index is 2.47.